The number of fused-ring (bicyclic) bond motifs is 1. The standard InChI is InChI=1S/C40H46N6O4/c1-40(2,3)50-39(47)45-23-21-44(22-24-45)32-19-20-46(26-32)31-15-16-33-35(25-31)43(4)42-37(33)34-17-18-36(48-27-29-11-7-5-8-12-29)41-38(34)49-28-30-13-9-6-10-14-30/h5-18,25,32H,19-24,26-28H2,1-4H3. The molecule has 2 saturated heterocycles. The Morgan fingerprint density at radius 2 is 1.50 bits per heavy atom. The van der Waals surface area contributed by atoms with Crippen LogP contribution in [0.4, 0.5) is 10.5 Å². The van der Waals surface area contributed by atoms with Crippen LogP contribution in [0.2, 0.25) is 0 Å². The summed E-state index contributed by atoms with van der Waals surface area (Å²) in [6, 6.07) is 31.1. The number of aromatic nitrogens is 3. The summed E-state index contributed by atoms with van der Waals surface area (Å²) in [5, 5.41) is 6.02. The number of pyridine rings is 1. The zero-order chi connectivity index (χ0) is 34.7. The van der Waals surface area contributed by atoms with Gasteiger partial charge >= 0.3 is 6.09 Å². The molecule has 1 unspecified atom stereocenters. The highest BCUT2D eigenvalue weighted by atomic mass is 16.6. The largest absolute Gasteiger partial charge is 0.473 e. The Hall–Kier alpha value is -5.09. The minimum atomic E-state index is -0.479. The molecule has 2 aliphatic heterocycles. The molecule has 0 radical (unpaired) electrons. The van der Waals surface area contributed by atoms with Gasteiger partial charge in [-0.1, -0.05) is 60.7 Å². The Bertz CT molecular complexity index is 1920. The lowest BCUT2D eigenvalue weighted by atomic mass is 10.1. The highest BCUT2D eigenvalue weighted by Gasteiger charge is 2.33. The molecule has 2 aromatic heterocycles. The third kappa shape index (κ3) is 7.70. The maximum absolute atomic E-state index is 12.6. The predicted octanol–water partition coefficient (Wildman–Crippen LogP) is 6.92. The number of carbonyl (C=O) groups excluding carboxylic acids is 1. The monoisotopic (exact) mass is 674 g/mol. The molecule has 1 atom stereocenters. The number of hydrogen-bond donors (Lipinski definition) is 0. The number of benzene rings is 3. The second-order valence-electron chi connectivity index (χ2n) is 14.1. The van der Waals surface area contributed by atoms with E-state index in [1.54, 1.807) is 0 Å². The fourth-order valence-corrected chi connectivity index (χ4v) is 6.76. The number of hydrogen-bond acceptors (Lipinski definition) is 8. The molecule has 2 aliphatic rings. The topological polar surface area (TPSA) is 85.2 Å². The molecule has 0 saturated carbocycles. The lowest BCUT2D eigenvalue weighted by Gasteiger charge is -2.38. The van der Waals surface area contributed by atoms with Crippen molar-refractivity contribution in [1.29, 1.82) is 0 Å². The summed E-state index contributed by atoms with van der Waals surface area (Å²) in [5.74, 6) is 0.982. The molecule has 10 heteroatoms. The normalized spacial score (nSPS) is 16.9. The highest BCUT2D eigenvalue weighted by Crippen LogP contribution is 2.37. The predicted molar refractivity (Wildman–Crippen MR) is 195 cm³/mol. The van der Waals surface area contributed by atoms with E-state index in [1.165, 1.54) is 5.69 Å². The number of carbonyl (C=O) groups is 1. The Kier molecular flexibility index (Phi) is 9.63. The van der Waals surface area contributed by atoms with Crippen molar-refractivity contribution in [2.45, 2.75) is 52.0 Å². The van der Waals surface area contributed by atoms with Crippen LogP contribution in [-0.2, 0) is 25.0 Å². The van der Waals surface area contributed by atoms with Crippen LogP contribution < -0.4 is 14.4 Å². The molecule has 7 rings (SSSR count). The second kappa shape index (κ2) is 14.4. The van der Waals surface area contributed by atoms with Crippen molar-refractivity contribution in [2.24, 2.45) is 7.05 Å². The van der Waals surface area contributed by atoms with Gasteiger partial charge in [0.15, 0.2) is 0 Å². The first kappa shape index (κ1) is 33.4. The van der Waals surface area contributed by atoms with Crippen molar-refractivity contribution in [3.05, 3.63) is 102 Å². The van der Waals surface area contributed by atoms with E-state index in [-0.39, 0.29) is 6.09 Å². The molecule has 4 heterocycles. The maximum atomic E-state index is 12.6. The summed E-state index contributed by atoms with van der Waals surface area (Å²) in [6.07, 6.45) is 0.875. The summed E-state index contributed by atoms with van der Waals surface area (Å²) in [4.78, 5) is 24.2. The molecule has 1 amide bonds. The molecule has 5 aromatic rings. The van der Waals surface area contributed by atoms with E-state index in [4.69, 9.17) is 24.3 Å². The zero-order valence-corrected chi connectivity index (χ0v) is 29.4. The second-order valence-corrected chi connectivity index (χ2v) is 14.1. The number of amides is 1. The van der Waals surface area contributed by atoms with Crippen molar-refractivity contribution in [3.63, 3.8) is 0 Å². The van der Waals surface area contributed by atoms with Crippen molar-refractivity contribution in [3.8, 4) is 23.0 Å². The number of aryl methyl sites for hydroxylation is 1. The molecule has 0 N–H and O–H groups in total. The van der Waals surface area contributed by atoms with E-state index in [0.717, 1.165) is 65.9 Å². The van der Waals surface area contributed by atoms with Crippen molar-refractivity contribution in [1.82, 2.24) is 24.6 Å². The van der Waals surface area contributed by atoms with Gasteiger partial charge in [0.1, 0.15) is 24.5 Å². The third-order valence-corrected chi connectivity index (χ3v) is 9.38. The van der Waals surface area contributed by atoms with Crippen LogP contribution in [-0.4, -0.2) is 81.6 Å². The Morgan fingerprint density at radius 1 is 0.820 bits per heavy atom. The van der Waals surface area contributed by atoms with Gasteiger partial charge in [-0.2, -0.15) is 10.1 Å². The minimum Gasteiger partial charge on any atom is -0.473 e. The number of anilines is 1. The smallest absolute Gasteiger partial charge is 0.410 e. The summed E-state index contributed by atoms with van der Waals surface area (Å²) in [5.41, 5.74) is 5.52. The van der Waals surface area contributed by atoms with Crippen LogP contribution in [0.5, 0.6) is 11.8 Å². The number of piperazine rings is 1. The fraction of sp³-hybridized carbons (Fsp3) is 0.375. The Labute approximate surface area is 294 Å². The zero-order valence-electron chi connectivity index (χ0n) is 29.4. The van der Waals surface area contributed by atoms with Crippen molar-refractivity contribution >= 4 is 22.7 Å². The number of ether oxygens (including phenoxy) is 3. The van der Waals surface area contributed by atoms with Crippen molar-refractivity contribution < 1.29 is 19.0 Å². The van der Waals surface area contributed by atoms with Gasteiger partial charge in [0.05, 0.1) is 11.1 Å². The first-order valence-electron chi connectivity index (χ1n) is 17.5. The first-order chi connectivity index (χ1) is 24.2. The van der Waals surface area contributed by atoms with Crippen LogP contribution in [0.15, 0.2) is 91.0 Å². The van der Waals surface area contributed by atoms with Gasteiger partial charge in [0.25, 0.3) is 0 Å². The quantitative estimate of drug-likeness (QED) is 0.167. The molecular formula is C40H46N6O4. The summed E-state index contributed by atoms with van der Waals surface area (Å²) < 4.78 is 20.0. The van der Waals surface area contributed by atoms with Gasteiger partial charge in [0, 0.05) is 69.5 Å². The molecule has 50 heavy (non-hydrogen) atoms. The molecule has 0 aliphatic carbocycles. The molecule has 2 fully saturated rings. The van der Waals surface area contributed by atoms with Gasteiger partial charge in [-0.25, -0.2) is 4.79 Å². The van der Waals surface area contributed by atoms with Crippen LogP contribution in [0.3, 0.4) is 0 Å². The van der Waals surface area contributed by atoms with E-state index in [1.807, 2.05) is 110 Å². The average molecular weight is 675 g/mol. The number of nitrogens with zero attached hydrogens (tertiary/aromatic N) is 6. The van der Waals surface area contributed by atoms with Crippen molar-refractivity contribution in [2.75, 3.05) is 44.2 Å². The Balaban J connectivity index is 1.07. The molecule has 10 nitrogen and oxygen atoms in total. The van der Waals surface area contributed by atoms with Gasteiger partial charge in [-0.05, 0) is 62.6 Å². The Morgan fingerprint density at radius 3 is 2.18 bits per heavy atom. The third-order valence-electron chi connectivity index (χ3n) is 9.38. The lowest BCUT2D eigenvalue weighted by Crippen LogP contribution is -2.53. The summed E-state index contributed by atoms with van der Waals surface area (Å²) in [7, 11) is 1.99. The van der Waals surface area contributed by atoms with Crippen LogP contribution in [0, 0.1) is 0 Å². The van der Waals surface area contributed by atoms with E-state index < -0.39 is 5.60 Å². The molecular weight excluding hydrogens is 628 g/mol. The van der Waals surface area contributed by atoms with E-state index >= 15 is 0 Å². The number of rotatable bonds is 9. The average Bonchev–Trinajstić information content (AvgIpc) is 3.75. The van der Waals surface area contributed by atoms with Crippen LogP contribution in [0.25, 0.3) is 22.2 Å². The van der Waals surface area contributed by atoms with Gasteiger partial charge < -0.3 is 24.0 Å². The van der Waals surface area contributed by atoms with Crippen LogP contribution >= 0.6 is 0 Å². The van der Waals surface area contributed by atoms with E-state index in [9.17, 15) is 4.79 Å². The lowest BCUT2D eigenvalue weighted by molar-refractivity contribution is 0.0112. The van der Waals surface area contributed by atoms with Gasteiger partial charge in [0.2, 0.25) is 11.8 Å². The molecule has 3 aromatic carbocycles. The maximum Gasteiger partial charge on any atom is 0.410 e. The molecule has 0 spiro atoms. The fourth-order valence-electron chi connectivity index (χ4n) is 6.76. The highest BCUT2D eigenvalue weighted by molar-refractivity contribution is 5.96. The van der Waals surface area contributed by atoms with Gasteiger partial charge in [-0.15, -0.1) is 0 Å². The van der Waals surface area contributed by atoms with E-state index in [2.05, 4.69) is 28.0 Å². The van der Waals surface area contributed by atoms with Gasteiger partial charge in [-0.3, -0.25) is 9.58 Å². The first-order valence-corrected chi connectivity index (χ1v) is 17.5. The molecule has 260 valence electrons. The molecule has 0 bridgehead atoms. The summed E-state index contributed by atoms with van der Waals surface area (Å²) in [6.45, 7) is 11.6. The SMILES string of the molecule is Cn1nc(-c2ccc(OCc3ccccc3)nc2OCc2ccccc2)c2ccc(N3CCC(N4CCN(C(=O)OC(C)(C)C)CC4)C3)cc21. The van der Waals surface area contributed by atoms with E-state index in [0.29, 0.717) is 44.1 Å². The summed E-state index contributed by atoms with van der Waals surface area (Å²) >= 11 is 0. The van der Waals surface area contributed by atoms with Crippen LogP contribution in [0.1, 0.15) is 38.3 Å². The minimum absolute atomic E-state index is 0.216.